The van der Waals surface area contributed by atoms with Gasteiger partial charge in [-0.05, 0) is 6.92 Å². The molecule has 0 aliphatic heterocycles. The highest BCUT2D eigenvalue weighted by molar-refractivity contribution is 7.22. The third-order valence-corrected chi connectivity index (χ3v) is 4.07. The summed E-state index contributed by atoms with van der Waals surface area (Å²) in [5, 5.41) is 13.3. The van der Waals surface area contributed by atoms with Crippen LogP contribution in [-0.4, -0.2) is 31.1 Å². The van der Waals surface area contributed by atoms with Crippen molar-refractivity contribution in [1.82, 2.24) is 24.5 Å². The van der Waals surface area contributed by atoms with E-state index in [9.17, 15) is 0 Å². The van der Waals surface area contributed by atoms with E-state index in [0.29, 0.717) is 5.02 Å². The summed E-state index contributed by atoms with van der Waals surface area (Å²) in [6, 6.07) is 0. The number of nitrogens with one attached hydrogen (secondary N) is 1. The second kappa shape index (κ2) is 4.82. The summed E-state index contributed by atoms with van der Waals surface area (Å²) in [4.78, 5) is 4.52. The van der Waals surface area contributed by atoms with Gasteiger partial charge in [0.2, 0.25) is 0 Å². The van der Waals surface area contributed by atoms with E-state index < -0.39 is 0 Å². The normalized spacial score (nSPS) is 11.3. The molecule has 0 unspecified atom stereocenters. The Hall–Kier alpha value is -1.60. The van der Waals surface area contributed by atoms with Crippen LogP contribution in [0.5, 0.6) is 0 Å². The van der Waals surface area contributed by atoms with Gasteiger partial charge in [0.25, 0.3) is 0 Å². The van der Waals surface area contributed by atoms with E-state index in [1.165, 1.54) is 0 Å². The van der Waals surface area contributed by atoms with Crippen molar-refractivity contribution in [3.05, 3.63) is 23.1 Å². The molecule has 0 radical (unpaired) electrons. The largest absolute Gasteiger partial charge is 0.360 e. The van der Waals surface area contributed by atoms with Gasteiger partial charge < -0.3 is 5.32 Å². The topological polar surface area (TPSA) is 60.6 Å². The van der Waals surface area contributed by atoms with E-state index in [1.807, 2.05) is 14.0 Å². The molecule has 3 heterocycles. The summed E-state index contributed by atoms with van der Waals surface area (Å²) >= 11 is 7.43. The Bertz CT molecular complexity index is 677. The number of fused-ring (bicyclic) bond motifs is 1. The van der Waals surface area contributed by atoms with Crippen molar-refractivity contribution in [2.45, 2.75) is 13.5 Å². The molecular formula is C11H13ClN6S. The summed E-state index contributed by atoms with van der Waals surface area (Å²) in [5.74, 6) is 0. The van der Waals surface area contributed by atoms with Crippen molar-refractivity contribution in [3.8, 4) is 0 Å². The van der Waals surface area contributed by atoms with Gasteiger partial charge in [0.05, 0.1) is 28.2 Å². The zero-order valence-electron chi connectivity index (χ0n) is 10.6. The maximum atomic E-state index is 5.81. The van der Waals surface area contributed by atoms with Crippen LogP contribution < -0.4 is 5.32 Å². The van der Waals surface area contributed by atoms with Crippen molar-refractivity contribution < 1.29 is 0 Å². The van der Waals surface area contributed by atoms with Gasteiger partial charge in [0, 0.05) is 19.8 Å². The third-order valence-electron chi connectivity index (χ3n) is 2.76. The van der Waals surface area contributed by atoms with Gasteiger partial charge in [-0.15, -0.1) is 0 Å². The summed E-state index contributed by atoms with van der Waals surface area (Å²) in [6.07, 6.45) is 3.43. The van der Waals surface area contributed by atoms with Crippen LogP contribution in [-0.2, 0) is 13.6 Å². The zero-order chi connectivity index (χ0) is 13.4. The molecule has 0 amide bonds. The lowest BCUT2D eigenvalue weighted by Gasteiger charge is -2.02. The molecule has 6 nitrogen and oxygen atoms in total. The minimum atomic E-state index is 0.654. The summed E-state index contributed by atoms with van der Waals surface area (Å²) in [7, 11) is 1.91. The van der Waals surface area contributed by atoms with Crippen LogP contribution in [0.2, 0.25) is 5.02 Å². The SMILES string of the molecule is Cc1nn(C)c2nc(NCCn3cc(Cl)cn3)sc12. The molecule has 8 heteroatoms. The highest BCUT2D eigenvalue weighted by Crippen LogP contribution is 2.27. The van der Waals surface area contributed by atoms with Crippen LogP contribution in [0.25, 0.3) is 10.3 Å². The minimum absolute atomic E-state index is 0.654. The molecule has 0 aliphatic carbocycles. The first kappa shape index (κ1) is 12.4. The molecule has 0 fully saturated rings. The first-order valence-corrected chi connectivity index (χ1v) is 7.05. The van der Waals surface area contributed by atoms with Crippen molar-refractivity contribution in [1.29, 1.82) is 0 Å². The van der Waals surface area contributed by atoms with Gasteiger partial charge in [0.15, 0.2) is 10.8 Å². The molecular weight excluding hydrogens is 284 g/mol. The van der Waals surface area contributed by atoms with Crippen LogP contribution in [0.4, 0.5) is 5.13 Å². The first-order chi connectivity index (χ1) is 9.13. The summed E-state index contributed by atoms with van der Waals surface area (Å²) in [6.45, 7) is 3.50. The lowest BCUT2D eigenvalue weighted by Crippen LogP contribution is -2.10. The fourth-order valence-electron chi connectivity index (χ4n) is 1.90. The van der Waals surface area contributed by atoms with Crippen LogP contribution in [0.3, 0.4) is 0 Å². The van der Waals surface area contributed by atoms with E-state index in [1.54, 1.807) is 33.1 Å². The monoisotopic (exact) mass is 296 g/mol. The average molecular weight is 297 g/mol. The van der Waals surface area contributed by atoms with Crippen molar-refractivity contribution in [2.24, 2.45) is 7.05 Å². The Morgan fingerprint density at radius 2 is 2.32 bits per heavy atom. The van der Waals surface area contributed by atoms with Crippen molar-refractivity contribution in [3.63, 3.8) is 0 Å². The van der Waals surface area contributed by atoms with Crippen LogP contribution in [0.1, 0.15) is 5.69 Å². The van der Waals surface area contributed by atoms with Crippen molar-refractivity contribution >= 4 is 38.4 Å². The maximum Gasteiger partial charge on any atom is 0.185 e. The number of hydrogen-bond donors (Lipinski definition) is 1. The smallest absolute Gasteiger partial charge is 0.185 e. The molecule has 3 aromatic heterocycles. The summed E-state index contributed by atoms with van der Waals surface area (Å²) in [5.41, 5.74) is 1.94. The van der Waals surface area contributed by atoms with Gasteiger partial charge in [-0.3, -0.25) is 4.68 Å². The lowest BCUT2D eigenvalue weighted by atomic mass is 10.5. The number of halogens is 1. The molecule has 0 saturated carbocycles. The predicted molar refractivity (Wildman–Crippen MR) is 76.8 cm³/mol. The van der Waals surface area contributed by atoms with E-state index in [0.717, 1.165) is 34.3 Å². The second-order valence-electron chi connectivity index (χ2n) is 4.23. The highest BCUT2D eigenvalue weighted by atomic mass is 35.5. The van der Waals surface area contributed by atoms with Crippen molar-refractivity contribution in [2.75, 3.05) is 11.9 Å². The van der Waals surface area contributed by atoms with Gasteiger partial charge in [0.1, 0.15) is 0 Å². The van der Waals surface area contributed by atoms with Gasteiger partial charge in [-0.1, -0.05) is 22.9 Å². The predicted octanol–water partition coefficient (Wildman–Crippen LogP) is 2.30. The Labute approximate surface area is 119 Å². The molecule has 3 aromatic rings. The minimum Gasteiger partial charge on any atom is -0.360 e. The Morgan fingerprint density at radius 1 is 1.47 bits per heavy atom. The molecule has 0 atom stereocenters. The van der Waals surface area contributed by atoms with Crippen LogP contribution in [0, 0.1) is 6.92 Å². The van der Waals surface area contributed by atoms with Gasteiger partial charge in [-0.2, -0.15) is 10.2 Å². The Kier molecular flexibility index (Phi) is 3.16. The van der Waals surface area contributed by atoms with Gasteiger partial charge in [-0.25, -0.2) is 9.67 Å². The molecule has 0 aromatic carbocycles. The first-order valence-electron chi connectivity index (χ1n) is 5.85. The maximum absolute atomic E-state index is 5.81. The number of anilines is 1. The standard InChI is InChI=1S/C11H13ClN6S/c1-7-9-10(17(2)16-7)15-11(19-9)13-3-4-18-6-8(12)5-14-18/h5-6H,3-4H2,1-2H3,(H,13,15). The van der Waals surface area contributed by atoms with Crippen LogP contribution >= 0.6 is 22.9 Å². The molecule has 0 aliphatic rings. The van der Waals surface area contributed by atoms with E-state index in [2.05, 4.69) is 20.5 Å². The quantitative estimate of drug-likeness (QED) is 0.802. The number of aromatic nitrogens is 5. The molecule has 1 N–H and O–H groups in total. The molecule has 19 heavy (non-hydrogen) atoms. The number of rotatable bonds is 4. The average Bonchev–Trinajstić information content (AvgIpc) is 3.01. The zero-order valence-corrected chi connectivity index (χ0v) is 12.2. The van der Waals surface area contributed by atoms with Gasteiger partial charge >= 0.3 is 0 Å². The van der Waals surface area contributed by atoms with E-state index in [4.69, 9.17) is 11.6 Å². The number of aryl methyl sites for hydroxylation is 2. The third kappa shape index (κ3) is 2.43. The molecule has 0 saturated heterocycles. The number of thiazole rings is 1. The summed E-state index contributed by atoms with van der Waals surface area (Å²) < 4.78 is 4.74. The van der Waals surface area contributed by atoms with E-state index >= 15 is 0 Å². The highest BCUT2D eigenvalue weighted by Gasteiger charge is 2.11. The van der Waals surface area contributed by atoms with Crippen LogP contribution in [0.15, 0.2) is 12.4 Å². The molecule has 0 bridgehead atoms. The van der Waals surface area contributed by atoms with E-state index in [-0.39, 0.29) is 0 Å². The number of nitrogens with zero attached hydrogens (tertiary/aromatic N) is 5. The molecule has 0 spiro atoms. The second-order valence-corrected chi connectivity index (χ2v) is 5.66. The Morgan fingerprint density at radius 3 is 3.00 bits per heavy atom. The lowest BCUT2D eigenvalue weighted by molar-refractivity contribution is 0.637. The fourth-order valence-corrected chi connectivity index (χ4v) is 3.01. The number of hydrogen-bond acceptors (Lipinski definition) is 5. The fraction of sp³-hybridized carbons (Fsp3) is 0.364. The molecule has 3 rings (SSSR count). The Balaban J connectivity index is 1.67. The molecule has 100 valence electrons.